The number of nitrogens with one attached hydrogen (secondary N) is 1. The Morgan fingerprint density at radius 2 is 2.13 bits per heavy atom. The smallest absolute Gasteiger partial charge is 0.239 e. The van der Waals surface area contributed by atoms with Crippen molar-refractivity contribution in [3.05, 3.63) is 0 Å². The minimum atomic E-state index is -0.806. The first-order valence-corrected chi connectivity index (χ1v) is 6.92. The lowest BCUT2D eigenvalue weighted by Gasteiger charge is -2.24. The van der Waals surface area contributed by atoms with E-state index in [0.29, 0.717) is 18.6 Å². The van der Waals surface area contributed by atoms with Crippen LogP contribution in [0, 0.1) is 0 Å². The Balaban J connectivity index is 4.01. The molecule has 0 saturated heterocycles. The first-order chi connectivity index (χ1) is 6.79. The third-order valence-corrected chi connectivity index (χ3v) is 3.28. The second-order valence-corrected chi connectivity index (χ2v) is 5.77. The molecule has 0 spiro atoms. The lowest BCUT2D eigenvalue weighted by molar-refractivity contribution is -0.126. The van der Waals surface area contributed by atoms with Gasteiger partial charge in [0.2, 0.25) is 5.91 Å². The van der Waals surface area contributed by atoms with Gasteiger partial charge in [-0.1, -0.05) is 6.92 Å². The maximum Gasteiger partial charge on any atom is 0.239 e. The third-order valence-electron chi connectivity index (χ3n) is 2.47. The van der Waals surface area contributed by atoms with Crippen LogP contribution in [0.25, 0.3) is 0 Å². The van der Waals surface area contributed by atoms with Gasteiger partial charge in [-0.2, -0.15) is 0 Å². The number of carbonyl (C=O) groups excluding carboxylic acids is 1. The van der Waals surface area contributed by atoms with E-state index in [0.717, 1.165) is 0 Å². The van der Waals surface area contributed by atoms with Crippen LogP contribution in [-0.4, -0.2) is 33.7 Å². The van der Waals surface area contributed by atoms with E-state index in [4.69, 9.17) is 5.73 Å². The summed E-state index contributed by atoms with van der Waals surface area (Å²) in [4.78, 5) is 11.6. The van der Waals surface area contributed by atoms with Crippen LogP contribution in [0.15, 0.2) is 0 Å². The lowest BCUT2D eigenvalue weighted by Crippen LogP contribution is -2.53. The fourth-order valence-electron chi connectivity index (χ4n) is 0.964. The van der Waals surface area contributed by atoms with Crippen molar-refractivity contribution >= 4 is 16.7 Å². The molecule has 0 aliphatic rings. The lowest BCUT2D eigenvalue weighted by atomic mass is 9.99. The molecule has 0 radical (unpaired) electrons. The Labute approximate surface area is 94.4 Å². The second-order valence-electron chi connectivity index (χ2n) is 4.21. The minimum Gasteiger partial charge on any atom is -0.352 e. The summed E-state index contributed by atoms with van der Waals surface area (Å²) in [5.74, 6) is 0.467. The monoisotopic (exact) mass is 234 g/mol. The molecule has 0 fully saturated rings. The number of amides is 1. The Bertz CT molecular complexity index is 242. The summed E-state index contributed by atoms with van der Waals surface area (Å²) in [6, 6.07) is 0.0239. The third kappa shape index (κ3) is 5.89. The van der Waals surface area contributed by atoms with Crippen molar-refractivity contribution in [1.29, 1.82) is 0 Å². The van der Waals surface area contributed by atoms with Crippen LogP contribution in [0.1, 0.15) is 33.6 Å². The largest absolute Gasteiger partial charge is 0.352 e. The maximum atomic E-state index is 11.6. The quantitative estimate of drug-likeness (QED) is 0.698. The van der Waals surface area contributed by atoms with Gasteiger partial charge in [-0.25, -0.2) is 0 Å². The van der Waals surface area contributed by atoms with Crippen LogP contribution in [0.2, 0.25) is 0 Å². The molecular weight excluding hydrogens is 212 g/mol. The molecule has 0 aromatic carbocycles. The maximum absolute atomic E-state index is 11.6. The van der Waals surface area contributed by atoms with E-state index in [-0.39, 0.29) is 11.9 Å². The molecule has 3 atom stereocenters. The Hall–Kier alpha value is -0.420. The molecule has 0 bridgehead atoms. The molecule has 1 amide bonds. The van der Waals surface area contributed by atoms with Crippen LogP contribution in [-0.2, 0) is 15.6 Å². The van der Waals surface area contributed by atoms with Gasteiger partial charge in [-0.15, -0.1) is 0 Å². The average Bonchev–Trinajstić information content (AvgIpc) is 2.14. The molecule has 0 aliphatic heterocycles. The SMILES string of the molecule is CCC(C)(N)C(=O)NC(C)CCS(C)=O. The molecule has 90 valence electrons. The van der Waals surface area contributed by atoms with Crippen LogP contribution in [0.5, 0.6) is 0 Å². The molecule has 3 N–H and O–H groups in total. The number of nitrogens with two attached hydrogens (primary N) is 1. The predicted molar refractivity (Wildman–Crippen MR) is 64.0 cm³/mol. The van der Waals surface area contributed by atoms with Gasteiger partial charge in [0, 0.05) is 28.9 Å². The highest BCUT2D eigenvalue weighted by Gasteiger charge is 2.26. The van der Waals surface area contributed by atoms with Crippen molar-refractivity contribution in [3.8, 4) is 0 Å². The highest BCUT2D eigenvalue weighted by Crippen LogP contribution is 2.05. The van der Waals surface area contributed by atoms with Gasteiger partial charge in [0.05, 0.1) is 5.54 Å². The minimum absolute atomic E-state index is 0.0239. The zero-order chi connectivity index (χ0) is 12.1. The molecule has 0 saturated carbocycles. The second kappa shape index (κ2) is 6.23. The van der Waals surface area contributed by atoms with Gasteiger partial charge in [0.15, 0.2) is 0 Å². The Kier molecular flexibility index (Phi) is 6.05. The topological polar surface area (TPSA) is 72.2 Å². The summed E-state index contributed by atoms with van der Waals surface area (Å²) in [6.45, 7) is 5.49. The molecule has 0 rings (SSSR count). The van der Waals surface area contributed by atoms with E-state index in [9.17, 15) is 9.00 Å². The van der Waals surface area contributed by atoms with Crippen molar-refractivity contribution in [2.45, 2.75) is 45.2 Å². The van der Waals surface area contributed by atoms with Crippen LogP contribution < -0.4 is 11.1 Å². The van der Waals surface area contributed by atoms with E-state index < -0.39 is 16.3 Å². The van der Waals surface area contributed by atoms with E-state index in [2.05, 4.69) is 5.32 Å². The van der Waals surface area contributed by atoms with Crippen molar-refractivity contribution in [1.82, 2.24) is 5.32 Å². The summed E-state index contributed by atoms with van der Waals surface area (Å²) < 4.78 is 10.9. The highest BCUT2D eigenvalue weighted by molar-refractivity contribution is 7.84. The van der Waals surface area contributed by atoms with Gasteiger partial charge < -0.3 is 11.1 Å². The van der Waals surface area contributed by atoms with Gasteiger partial charge >= 0.3 is 0 Å². The van der Waals surface area contributed by atoms with Crippen molar-refractivity contribution < 1.29 is 9.00 Å². The summed E-state index contributed by atoms with van der Waals surface area (Å²) in [5, 5.41) is 2.83. The zero-order valence-corrected chi connectivity index (χ0v) is 10.8. The van der Waals surface area contributed by atoms with E-state index in [1.54, 1.807) is 13.2 Å². The Morgan fingerprint density at radius 3 is 2.53 bits per heavy atom. The van der Waals surface area contributed by atoms with Crippen LogP contribution in [0.3, 0.4) is 0 Å². The number of rotatable bonds is 6. The summed E-state index contributed by atoms with van der Waals surface area (Å²) in [5.41, 5.74) is 4.99. The first kappa shape index (κ1) is 14.6. The molecule has 15 heavy (non-hydrogen) atoms. The van der Waals surface area contributed by atoms with Crippen molar-refractivity contribution in [3.63, 3.8) is 0 Å². The normalized spacial score (nSPS) is 19.0. The first-order valence-electron chi connectivity index (χ1n) is 5.19. The fourth-order valence-corrected chi connectivity index (χ4v) is 1.65. The summed E-state index contributed by atoms with van der Waals surface area (Å²) in [6.07, 6.45) is 2.98. The number of hydrogen-bond donors (Lipinski definition) is 2. The molecule has 3 unspecified atom stereocenters. The molecular formula is C10H22N2O2S. The fraction of sp³-hybridized carbons (Fsp3) is 0.900. The van der Waals surface area contributed by atoms with E-state index in [1.165, 1.54) is 0 Å². The molecule has 0 aromatic rings. The number of carbonyl (C=O) groups is 1. The molecule has 5 heteroatoms. The predicted octanol–water partition coefficient (Wildman–Crippen LogP) is 0.387. The Morgan fingerprint density at radius 1 is 1.60 bits per heavy atom. The van der Waals surface area contributed by atoms with Gasteiger partial charge in [0.1, 0.15) is 0 Å². The standard InChI is InChI=1S/C10H22N2O2S/c1-5-10(3,11)9(13)12-8(2)6-7-15(4)14/h8H,5-7,11H2,1-4H3,(H,12,13). The summed E-state index contributed by atoms with van der Waals surface area (Å²) in [7, 11) is -0.806. The van der Waals surface area contributed by atoms with Crippen LogP contribution in [0.4, 0.5) is 0 Å². The van der Waals surface area contributed by atoms with Crippen molar-refractivity contribution in [2.24, 2.45) is 5.73 Å². The van der Waals surface area contributed by atoms with Crippen molar-refractivity contribution in [2.75, 3.05) is 12.0 Å². The highest BCUT2D eigenvalue weighted by atomic mass is 32.2. The van der Waals surface area contributed by atoms with E-state index in [1.807, 2.05) is 13.8 Å². The van der Waals surface area contributed by atoms with E-state index >= 15 is 0 Å². The molecule has 0 aromatic heterocycles. The molecule has 4 nitrogen and oxygen atoms in total. The number of hydrogen-bond acceptors (Lipinski definition) is 3. The molecule has 0 aliphatic carbocycles. The van der Waals surface area contributed by atoms with Gasteiger partial charge in [0.25, 0.3) is 0 Å². The zero-order valence-electron chi connectivity index (χ0n) is 10.0. The van der Waals surface area contributed by atoms with Gasteiger partial charge in [-0.05, 0) is 26.7 Å². The molecule has 0 heterocycles. The van der Waals surface area contributed by atoms with Gasteiger partial charge in [-0.3, -0.25) is 9.00 Å². The summed E-state index contributed by atoms with van der Waals surface area (Å²) >= 11 is 0. The average molecular weight is 234 g/mol. The van der Waals surface area contributed by atoms with Crippen LogP contribution >= 0.6 is 0 Å².